The predicted octanol–water partition coefficient (Wildman–Crippen LogP) is 1.92. The number of hydrogen-bond donors (Lipinski definition) is 1. The molecule has 124 valence electrons. The fourth-order valence-corrected chi connectivity index (χ4v) is 2.84. The van der Waals surface area contributed by atoms with Crippen LogP contribution in [0.5, 0.6) is 0 Å². The first-order valence-electron chi connectivity index (χ1n) is 7.99. The third-order valence-electron chi connectivity index (χ3n) is 4.40. The number of amides is 2. The minimum absolute atomic E-state index is 0.122. The number of benzene rings is 1. The lowest BCUT2D eigenvalue weighted by atomic mass is 10.1. The van der Waals surface area contributed by atoms with Crippen molar-refractivity contribution in [3.05, 3.63) is 29.3 Å². The van der Waals surface area contributed by atoms with E-state index in [9.17, 15) is 9.59 Å². The molecule has 6 heteroatoms. The molecule has 2 heterocycles. The van der Waals surface area contributed by atoms with Crippen molar-refractivity contribution in [3.8, 4) is 0 Å². The molecule has 6 nitrogen and oxygen atoms in total. The highest BCUT2D eigenvalue weighted by Gasteiger charge is 2.33. The van der Waals surface area contributed by atoms with E-state index in [2.05, 4.69) is 5.32 Å². The Morgan fingerprint density at radius 1 is 1.35 bits per heavy atom. The maximum absolute atomic E-state index is 12.0. The van der Waals surface area contributed by atoms with Crippen LogP contribution in [0, 0.1) is 13.8 Å². The standard InChI is InChI=1S/C17H22N2O4/c1-11-5-6-13(8-12(11)2)19-10-14(23-17(19)21)9-18-16(20)15-4-3-7-22-15/h5-6,8,14-15H,3-4,7,9-10H2,1-2H3,(H,18,20). The fourth-order valence-electron chi connectivity index (χ4n) is 2.84. The van der Waals surface area contributed by atoms with Gasteiger partial charge in [0.25, 0.3) is 0 Å². The number of rotatable bonds is 4. The second kappa shape index (κ2) is 6.58. The lowest BCUT2D eigenvalue weighted by Gasteiger charge is -2.15. The molecule has 2 fully saturated rings. The number of nitrogens with one attached hydrogen (secondary N) is 1. The Labute approximate surface area is 135 Å². The van der Waals surface area contributed by atoms with E-state index in [0.29, 0.717) is 19.7 Å². The number of carbonyl (C=O) groups is 2. The molecular weight excluding hydrogens is 296 g/mol. The highest BCUT2D eigenvalue weighted by atomic mass is 16.6. The molecule has 2 aliphatic heterocycles. The molecule has 0 radical (unpaired) electrons. The zero-order valence-electron chi connectivity index (χ0n) is 13.5. The number of cyclic esters (lactones) is 1. The Balaban J connectivity index is 1.56. The monoisotopic (exact) mass is 318 g/mol. The van der Waals surface area contributed by atoms with Gasteiger partial charge in [-0.1, -0.05) is 6.07 Å². The Morgan fingerprint density at radius 2 is 2.17 bits per heavy atom. The summed E-state index contributed by atoms with van der Waals surface area (Å²) in [6, 6.07) is 5.88. The summed E-state index contributed by atoms with van der Waals surface area (Å²) in [6.45, 7) is 5.43. The quantitative estimate of drug-likeness (QED) is 0.921. The van der Waals surface area contributed by atoms with Crippen LogP contribution in [0.3, 0.4) is 0 Å². The van der Waals surface area contributed by atoms with E-state index < -0.39 is 0 Å². The maximum atomic E-state index is 12.0. The van der Waals surface area contributed by atoms with Gasteiger partial charge in [-0.25, -0.2) is 4.79 Å². The van der Waals surface area contributed by atoms with Gasteiger partial charge in [0.05, 0.1) is 13.1 Å². The number of hydrogen-bond acceptors (Lipinski definition) is 4. The Hall–Kier alpha value is -2.08. The molecule has 23 heavy (non-hydrogen) atoms. The minimum atomic E-state index is -0.371. The molecule has 0 aliphatic carbocycles. The van der Waals surface area contributed by atoms with E-state index in [1.165, 1.54) is 5.56 Å². The van der Waals surface area contributed by atoms with Crippen LogP contribution in [0.25, 0.3) is 0 Å². The van der Waals surface area contributed by atoms with Gasteiger partial charge in [-0.15, -0.1) is 0 Å². The number of nitrogens with zero attached hydrogens (tertiary/aromatic N) is 1. The van der Waals surface area contributed by atoms with Crippen LogP contribution in [0.4, 0.5) is 10.5 Å². The lowest BCUT2D eigenvalue weighted by Crippen LogP contribution is -2.40. The molecular formula is C17H22N2O4. The van der Waals surface area contributed by atoms with E-state index in [-0.39, 0.29) is 24.2 Å². The Kier molecular flexibility index (Phi) is 4.52. The molecule has 0 spiro atoms. The second-order valence-corrected chi connectivity index (χ2v) is 6.13. The lowest BCUT2D eigenvalue weighted by molar-refractivity contribution is -0.130. The van der Waals surface area contributed by atoms with Crippen molar-refractivity contribution in [2.75, 3.05) is 24.6 Å². The number of aryl methyl sites for hydroxylation is 2. The molecule has 0 saturated carbocycles. The van der Waals surface area contributed by atoms with Gasteiger partial charge in [0.2, 0.25) is 5.91 Å². The third-order valence-corrected chi connectivity index (χ3v) is 4.40. The van der Waals surface area contributed by atoms with Gasteiger partial charge in [-0.3, -0.25) is 9.69 Å². The van der Waals surface area contributed by atoms with Crippen molar-refractivity contribution in [2.45, 2.75) is 38.9 Å². The first kappa shape index (κ1) is 15.8. The topological polar surface area (TPSA) is 67.9 Å². The average Bonchev–Trinajstić information content (AvgIpc) is 3.17. The van der Waals surface area contributed by atoms with Crippen molar-refractivity contribution >= 4 is 17.7 Å². The largest absolute Gasteiger partial charge is 0.442 e. The Bertz CT molecular complexity index is 611. The molecule has 2 atom stereocenters. The summed E-state index contributed by atoms with van der Waals surface area (Å²) in [7, 11) is 0. The smallest absolute Gasteiger partial charge is 0.414 e. The summed E-state index contributed by atoms with van der Waals surface area (Å²) in [5.41, 5.74) is 3.14. The van der Waals surface area contributed by atoms with E-state index >= 15 is 0 Å². The predicted molar refractivity (Wildman–Crippen MR) is 85.5 cm³/mol. The summed E-state index contributed by atoms with van der Waals surface area (Å²) in [6.07, 6.45) is 0.601. The SMILES string of the molecule is Cc1ccc(N2CC(CNC(=O)C3CCCO3)OC2=O)cc1C. The van der Waals surface area contributed by atoms with Gasteiger partial charge in [0, 0.05) is 12.3 Å². The zero-order chi connectivity index (χ0) is 16.4. The number of anilines is 1. The van der Waals surface area contributed by atoms with Gasteiger partial charge in [-0.05, 0) is 49.9 Å². The van der Waals surface area contributed by atoms with Gasteiger partial charge in [-0.2, -0.15) is 0 Å². The van der Waals surface area contributed by atoms with Crippen LogP contribution >= 0.6 is 0 Å². The summed E-state index contributed by atoms with van der Waals surface area (Å²) in [4.78, 5) is 25.6. The normalized spacial score (nSPS) is 23.9. The van der Waals surface area contributed by atoms with E-state index in [1.54, 1.807) is 4.90 Å². The summed E-state index contributed by atoms with van der Waals surface area (Å²) in [5, 5.41) is 2.81. The van der Waals surface area contributed by atoms with Crippen LogP contribution < -0.4 is 10.2 Å². The van der Waals surface area contributed by atoms with E-state index in [0.717, 1.165) is 24.1 Å². The molecule has 2 saturated heterocycles. The van der Waals surface area contributed by atoms with Crippen molar-refractivity contribution in [2.24, 2.45) is 0 Å². The third kappa shape index (κ3) is 3.47. The molecule has 0 bridgehead atoms. The van der Waals surface area contributed by atoms with Crippen LogP contribution in [-0.2, 0) is 14.3 Å². The minimum Gasteiger partial charge on any atom is -0.442 e. The van der Waals surface area contributed by atoms with Gasteiger partial charge in [0.15, 0.2) is 0 Å². The highest BCUT2D eigenvalue weighted by Crippen LogP contribution is 2.24. The van der Waals surface area contributed by atoms with Crippen LogP contribution in [0.15, 0.2) is 18.2 Å². The van der Waals surface area contributed by atoms with Crippen LogP contribution in [0.2, 0.25) is 0 Å². The van der Waals surface area contributed by atoms with Crippen molar-refractivity contribution in [1.29, 1.82) is 0 Å². The Morgan fingerprint density at radius 3 is 2.87 bits per heavy atom. The van der Waals surface area contributed by atoms with E-state index in [4.69, 9.17) is 9.47 Å². The average molecular weight is 318 g/mol. The van der Waals surface area contributed by atoms with Gasteiger partial charge >= 0.3 is 6.09 Å². The van der Waals surface area contributed by atoms with Crippen LogP contribution in [-0.4, -0.2) is 43.9 Å². The summed E-state index contributed by atoms with van der Waals surface area (Å²) in [5.74, 6) is -0.122. The molecule has 2 aliphatic rings. The molecule has 3 rings (SSSR count). The van der Waals surface area contributed by atoms with Crippen molar-refractivity contribution in [1.82, 2.24) is 5.32 Å². The zero-order valence-corrected chi connectivity index (χ0v) is 13.5. The number of ether oxygens (including phenoxy) is 2. The van der Waals surface area contributed by atoms with Crippen molar-refractivity contribution < 1.29 is 19.1 Å². The highest BCUT2D eigenvalue weighted by molar-refractivity contribution is 5.90. The van der Waals surface area contributed by atoms with E-state index in [1.807, 2.05) is 32.0 Å². The van der Waals surface area contributed by atoms with Gasteiger partial charge < -0.3 is 14.8 Å². The maximum Gasteiger partial charge on any atom is 0.414 e. The molecule has 2 amide bonds. The first-order valence-corrected chi connectivity index (χ1v) is 7.99. The second-order valence-electron chi connectivity index (χ2n) is 6.13. The molecule has 0 aromatic heterocycles. The molecule has 1 aromatic rings. The molecule has 1 aromatic carbocycles. The fraction of sp³-hybridized carbons (Fsp3) is 0.529. The summed E-state index contributed by atoms with van der Waals surface area (Å²) < 4.78 is 10.7. The first-order chi connectivity index (χ1) is 11.0. The van der Waals surface area contributed by atoms with Crippen LogP contribution in [0.1, 0.15) is 24.0 Å². The molecule has 2 unspecified atom stereocenters. The molecule has 1 N–H and O–H groups in total. The number of carbonyl (C=O) groups excluding carboxylic acids is 2. The van der Waals surface area contributed by atoms with Crippen molar-refractivity contribution in [3.63, 3.8) is 0 Å². The van der Waals surface area contributed by atoms with Gasteiger partial charge in [0.1, 0.15) is 12.2 Å². The summed E-state index contributed by atoms with van der Waals surface area (Å²) >= 11 is 0.